The molecule has 0 bridgehead atoms. The Bertz CT molecular complexity index is 685. The maximum absolute atomic E-state index is 11.4. The molecule has 19 heavy (non-hydrogen) atoms. The molecule has 0 aliphatic heterocycles. The summed E-state index contributed by atoms with van der Waals surface area (Å²) < 4.78 is 0. The van der Waals surface area contributed by atoms with Crippen LogP contribution < -0.4 is 11.1 Å². The van der Waals surface area contributed by atoms with Crippen molar-refractivity contribution in [3.05, 3.63) is 36.0 Å². The molecule has 0 fully saturated rings. The monoisotopic (exact) mass is 254 g/mol. The number of amides is 1. The van der Waals surface area contributed by atoms with Gasteiger partial charge in [0, 0.05) is 11.6 Å². The lowest BCUT2D eigenvalue weighted by Crippen LogP contribution is -2.45. The van der Waals surface area contributed by atoms with Crippen molar-refractivity contribution in [2.24, 2.45) is 5.73 Å². The van der Waals surface area contributed by atoms with Gasteiger partial charge >= 0.3 is 0 Å². The first-order valence-corrected chi connectivity index (χ1v) is 5.81. The Balaban J connectivity index is 2.64. The molecule has 2 rings (SSSR count). The van der Waals surface area contributed by atoms with E-state index in [2.05, 4.69) is 16.4 Å². The van der Waals surface area contributed by atoms with E-state index in [9.17, 15) is 4.79 Å². The van der Waals surface area contributed by atoms with Crippen LogP contribution in [0.5, 0.6) is 0 Å². The number of nitrogens with two attached hydrogens (primary N) is 1. The molecule has 3 N–H and O–H groups in total. The van der Waals surface area contributed by atoms with Gasteiger partial charge in [-0.05, 0) is 19.9 Å². The van der Waals surface area contributed by atoms with Crippen LogP contribution >= 0.6 is 0 Å². The second kappa shape index (κ2) is 4.58. The fourth-order valence-corrected chi connectivity index (χ4v) is 1.73. The van der Waals surface area contributed by atoms with E-state index in [1.54, 1.807) is 13.8 Å². The number of primary amides is 1. The van der Waals surface area contributed by atoms with Crippen LogP contribution in [-0.2, 0) is 4.79 Å². The minimum atomic E-state index is -0.949. The summed E-state index contributed by atoms with van der Waals surface area (Å²) in [7, 11) is 0. The summed E-state index contributed by atoms with van der Waals surface area (Å²) in [6, 6.07) is 9.49. The van der Waals surface area contributed by atoms with E-state index in [-0.39, 0.29) is 0 Å². The predicted octanol–water partition coefficient (Wildman–Crippen LogP) is 1.78. The molecule has 0 unspecified atom stereocenters. The number of hydrogen-bond donors (Lipinski definition) is 2. The van der Waals surface area contributed by atoms with Crippen molar-refractivity contribution in [2.45, 2.75) is 19.4 Å². The minimum Gasteiger partial charge on any atom is -0.370 e. The number of nitrogens with zero attached hydrogens (tertiary/aromatic N) is 2. The Kier molecular flexibility index (Phi) is 3.09. The van der Waals surface area contributed by atoms with Gasteiger partial charge in [-0.2, -0.15) is 5.26 Å². The summed E-state index contributed by atoms with van der Waals surface area (Å²) >= 11 is 0. The zero-order valence-corrected chi connectivity index (χ0v) is 10.8. The Hall–Kier alpha value is -2.61. The SMILES string of the molecule is CC(C)(Nc1c(C#N)cnc2ccccc12)C(N)=O. The Morgan fingerprint density at radius 2 is 2.11 bits per heavy atom. The number of carbonyl (C=O) groups is 1. The summed E-state index contributed by atoms with van der Waals surface area (Å²) in [6.45, 7) is 3.34. The van der Waals surface area contributed by atoms with Gasteiger partial charge in [0.15, 0.2) is 0 Å². The zero-order chi connectivity index (χ0) is 14.0. The Morgan fingerprint density at radius 3 is 2.74 bits per heavy atom. The van der Waals surface area contributed by atoms with Crippen LogP contribution in [-0.4, -0.2) is 16.4 Å². The molecule has 2 aromatic rings. The van der Waals surface area contributed by atoms with Crippen molar-refractivity contribution >= 4 is 22.5 Å². The number of nitrogens with one attached hydrogen (secondary N) is 1. The first-order valence-electron chi connectivity index (χ1n) is 5.81. The standard InChI is InChI=1S/C14H14N4O/c1-14(2,13(16)19)18-12-9(7-15)8-17-11-6-4-3-5-10(11)12/h3-6,8H,1-2H3,(H2,16,19)(H,17,18). The number of carbonyl (C=O) groups excluding carboxylic acids is 1. The molecule has 0 atom stereocenters. The molecule has 0 saturated carbocycles. The van der Waals surface area contributed by atoms with Crippen LogP contribution in [0.15, 0.2) is 30.5 Å². The van der Waals surface area contributed by atoms with Gasteiger partial charge < -0.3 is 11.1 Å². The smallest absolute Gasteiger partial charge is 0.242 e. The van der Waals surface area contributed by atoms with Crippen LogP contribution in [0.25, 0.3) is 10.9 Å². The highest BCUT2D eigenvalue weighted by Gasteiger charge is 2.26. The molecule has 0 saturated heterocycles. The lowest BCUT2D eigenvalue weighted by Gasteiger charge is -2.25. The number of aromatic nitrogens is 1. The van der Waals surface area contributed by atoms with Crippen molar-refractivity contribution in [1.82, 2.24) is 4.98 Å². The lowest BCUT2D eigenvalue weighted by atomic mass is 10.0. The number of benzene rings is 1. The number of rotatable bonds is 3. The largest absolute Gasteiger partial charge is 0.370 e. The van der Waals surface area contributed by atoms with E-state index in [0.29, 0.717) is 11.3 Å². The zero-order valence-electron chi connectivity index (χ0n) is 10.8. The second-order valence-electron chi connectivity index (χ2n) is 4.79. The minimum absolute atomic E-state index is 0.382. The molecular formula is C14H14N4O. The van der Waals surface area contributed by atoms with Gasteiger partial charge in [-0.25, -0.2) is 0 Å². The van der Waals surface area contributed by atoms with Gasteiger partial charge in [0.1, 0.15) is 11.6 Å². The number of nitriles is 1. The summed E-state index contributed by atoms with van der Waals surface area (Å²) in [5.74, 6) is -0.489. The predicted molar refractivity (Wildman–Crippen MR) is 73.4 cm³/mol. The highest BCUT2D eigenvalue weighted by molar-refractivity contribution is 5.97. The van der Waals surface area contributed by atoms with Gasteiger partial charge in [-0.15, -0.1) is 0 Å². The molecule has 5 heteroatoms. The molecule has 0 aliphatic carbocycles. The van der Waals surface area contributed by atoms with Gasteiger partial charge in [-0.1, -0.05) is 18.2 Å². The quantitative estimate of drug-likeness (QED) is 0.873. The fraction of sp³-hybridized carbons (Fsp3) is 0.214. The molecule has 5 nitrogen and oxygen atoms in total. The highest BCUT2D eigenvalue weighted by Crippen LogP contribution is 2.27. The van der Waals surface area contributed by atoms with E-state index < -0.39 is 11.4 Å². The Labute approximate surface area is 111 Å². The third kappa shape index (κ3) is 2.33. The fourth-order valence-electron chi connectivity index (χ4n) is 1.73. The third-order valence-electron chi connectivity index (χ3n) is 2.95. The van der Waals surface area contributed by atoms with Crippen LogP contribution in [0.2, 0.25) is 0 Å². The van der Waals surface area contributed by atoms with Gasteiger partial charge in [0.25, 0.3) is 0 Å². The van der Waals surface area contributed by atoms with Crippen LogP contribution in [0.4, 0.5) is 5.69 Å². The molecule has 0 aliphatic rings. The maximum Gasteiger partial charge on any atom is 0.242 e. The molecule has 0 radical (unpaired) electrons. The first kappa shape index (κ1) is 12.8. The number of pyridine rings is 1. The molecular weight excluding hydrogens is 240 g/mol. The number of anilines is 1. The molecule has 1 heterocycles. The average molecular weight is 254 g/mol. The van der Waals surface area contributed by atoms with Crippen LogP contribution in [0.3, 0.4) is 0 Å². The molecule has 96 valence electrons. The van der Waals surface area contributed by atoms with Crippen LogP contribution in [0, 0.1) is 11.3 Å². The number of fused-ring (bicyclic) bond motifs is 1. The molecule has 1 amide bonds. The molecule has 0 spiro atoms. The molecule has 1 aromatic carbocycles. The summed E-state index contributed by atoms with van der Waals surface area (Å²) in [5, 5.41) is 13.0. The van der Waals surface area contributed by atoms with Crippen molar-refractivity contribution < 1.29 is 4.79 Å². The third-order valence-corrected chi connectivity index (χ3v) is 2.95. The van der Waals surface area contributed by atoms with Crippen molar-refractivity contribution in [3.8, 4) is 6.07 Å². The number of hydrogen-bond acceptors (Lipinski definition) is 4. The van der Waals surface area contributed by atoms with Crippen molar-refractivity contribution in [1.29, 1.82) is 5.26 Å². The number of para-hydroxylation sites is 1. The summed E-state index contributed by atoms with van der Waals surface area (Å²) in [5.41, 5.74) is 6.12. The van der Waals surface area contributed by atoms with Crippen molar-refractivity contribution in [3.63, 3.8) is 0 Å². The van der Waals surface area contributed by atoms with Gasteiger partial charge in [0.05, 0.1) is 16.8 Å². The van der Waals surface area contributed by atoms with E-state index in [1.807, 2.05) is 24.3 Å². The van der Waals surface area contributed by atoms with Crippen molar-refractivity contribution in [2.75, 3.05) is 5.32 Å². The van der Waals surface area contributed by atoms with Gasteiger partial charge in [-0.3, -0.25) is 9.78 Å². The summed E-state index contributed by atoms with van der Waals surface area (Å²) in [6.07, 6.45) is 1.49. The normalized spacial score (nSPS) is 11.0. The summed E-state index contributed by atoms with van der Waals surface area (Å²) in [4.78, 5) is 15.6. The topological polar surface area (TPSA) is 91.8 Å². The van der Waals surface area contributed by atoms with Crippen LogP contribution in [0.1, 0.15) is 19.4 Å². The van der Waals surface area contributed by atoms with E-state index in [4.69, 9.17) is 11.0 Å². The van der Waals surface area contributed by atoms with E-state index in [1.165, 1.54) is 6.20 Å². The lowest BCUT2D eigenvalue weighted by molar-refractivity contribution is -0.121. The second-order valence-corrected chi connectivity index (χ2v) is 4.79. The van der Waals surface area contributed by atoms with E-state index >= 15 is 0 Å². The molecule has 1 aromatic heterocycles. The first-order chi connectivity index (χ1) is 8.95. The highest BCUT2D eigenvalue weighted by atomic mass is 16.1. The Morgan fingerprint density at radius 1 is 1.42 bits per heavy atom. The van der Waals surface area contributed by atoms with Gasteiger partial charge in [0.2, 0.25) is 5.91 Å². The average Bonchev–Trinajstić information content (AvgIpc) is 2.38. The van der Waals surface area contributed by atoms with E-state index in [0.717, 1.165) is 10.9 Å². The maximum atomic E-state index is 11.4.